The topological polar surface area (TPSA) is 29.5 Å². The summed E-state index contributed by atoms with van der Waals surface area (Å²) < 4.78 is 6.53. The summed E-state index contributed by atoms with van der Waals surface area (Å²) in [7, 11) is 0. The van der Waals surface area contributed by atoms with Crippen molar-refractivity contribution in [1.29, 1.82) is 0 Å². The normalized spacial score (nSPS) is 22.7. The highest BCUT2D eigenvalue weighted by molar-refractivity contribution is 5.54. The van der Waals surface area contributed by atoms with Crippen LogP contribution in [0.3, 0.4) is 0 Å². The average molecular weight is 413 g/mol. The third kappa shape index (κ3) is 5.06. The minimum Gasteiger partial charge on any atom is -0.508 e. The van der Waals surface area contributed by atoms with E-state index in [-0.39, 0.29) is 11.0 Å². The molecular weight excluding hydrogens is 368 g/mol. The number of ether oxygens (including phenoxy) is 1. The molecular formula is C28H44O2. The van der Waals surface area contributed by atoms with Gasteiger partial charge in [-0.1, -0.05) is 77.4 Å². The van der Waals surface area contributed by atoms with Crippen LogP contribution in [0.5, 0.6) is 11.5 Å². The van der Waals surface area contributed by atoms with E-state index in [4.69, 9.17) is 4.74 Å². The van der Waals surface area contributed by atoms with E-state index in [1.807, 2.05) is 6.07 Å². The van der Waals surface area contributed by atoms with E-state index < -0.39 is 0 Å². The van der Waals surface area contributed by atoms with Gasteiger partial charge in [0.05, 0.1) is 0 Å². The fraction of sp³-hybridized carbons (Fsp3) is 0.714. The highest BCUT2D eigenvalue weighted by Gasteiger charge is 2.46. The maximum Gasteiger partial charge on any atom is 0.127 e. The molecule has 1 aromatic carbocycles. The number of phenolic OH excluding ortho intramolecular Hbond substituents is 1. The van der Waals surface area contributed by atoms with Crippen LogP contribution >= 0.6 is 0 Å². The van der Waals surface area contributed by atoms with Gasteiger partial charge in [0.15, 0.2) is 0 Å². The first-order chi connectivity index (χ1) is 14.2. The molecule has 0 saturated heterocycles. The molecule has 0 saturated carbocycles. The first-order valence-electron chi connectivity index (χ1n) is 12.4. The summed E-state index contributed by atoms with van der Waals surface area (Å²) in [4.78, 5) is 0. The summed E-state index contributed by atoms with van der Waals surface area (Å²) >= 11 is 0. The van der Waals surface area contributed by atoms with E-state index in [1.165, 1.54) is 56.1 Å². The molecule has 1 heterocycles. The number of unbranched alkanes of at least 4 members (excludes halogenated alkanes) is 6. The van der Waals surface area contributed by atoms with Crippen molar-refractivity contribution in [2.75, 3.05) is 0 Å². The van der Waals surface area contributed by atoms with Crippen molar-refractivity contribution in [3.8, 4) is 11.5 Å². The molecule has 0 unspecified atom stereocenters. The maximum absolute atomic E-state index is 11.1. The van der Waals surface area contributed by atoms with Crippen molar-refractivity contribution in [2.45, 2.75) is 123 Å². The highest BCUT2D eigenvalue weighted by Crippen LogP contribution is 2.54. The smallest absolute Gasteiger partial charge is 0.127 e. The Morgan fingerprint density at radius 1 is 1.07 bits per heavy atom. The van der Waals surface area contributed by atoms with Crippen LogP contribution in [0.1, 0.15) is 123 Å². The third-order valence-corrected chi connectivity index (χ3v) is 7.69. The lowest BCUT2D eigenvalue weighted by Gasteiger charge is -2.47. The third-order valence-electron chi connectivity index (χ3n) is 7.69. The predicted molar refractivity (Wildman–Crippen MR) is 128 cm³/mol. The number of aromatic hydroxyl groups is 1. The molecule has 1 aromatic rings. The first kappa shape index (κ1) is 23.2. The molecule has 0 amide bonds. The highest BCUT2D eigenvalue weighted by atomic mass is 16.5. The molecule has 2 heteroatoms. The molecule has 3 rings (SSSR count). The molecule has 2 aliphatic rings. The molecule has 0 spiro atoms. The zero-order chi connectivity index (χ0) is 21.9. The Bertz CT molecular complexity index is 756. The fourth-order valence-corrected chi connectivity index (χ4v) is 5.62. The second-order valence-electron chi connectivity index (χ2n) is 11.1. The number of fused-ring (bicyclic) bond motifs is 3. The van der Waals surface area contributed by atoms with Gasteiger partial charge in [-0.3, -0.25) is 0 Å². The molecule has 0 fully saturated rings. The molecule has 1 N–H and O–H groups in total. The average Bonchev–Trinajstić information content (AvgIpc) is 2.66. The second-order valence-corrected chi connectivity index (χ2v) is 11.1. The van der Waals surface area contributed by atoms with Crippen LogP contribution in [0, 0.1) is 5.92 Å². The van der Waals surface area contributed by atoms with Gasteiger partial charge in [-0.15, -0.1) is 0 Å². The van der Waals surface area contributed by atoms with Crippen LogP contribution in [0.4, 0.5) is 0 Å². The Hall–Kier alpha value is -1.44. The minimum absolute atomic E-state index is 0.0443. The zero-order valence-corrected chi connectivity index (χ0v) is 20.3. The summed E-state index contributed by atoms with van der Waals surface area (Å²) in [5.74, 6) is 2.13. The van der Waals surface area contributed by atoms with Crippen molar-refractivity contribution >= 4 is 0 Å². The van der Waals surface area contributed by atoms with Crippen molar-refractivity contribution in [1.82, 2.24) is 0 Å². The van der Waals surface area contributed by atoms with Gasteiger partial charge in [-0.2, -0.15) is 0 Å². The van der Waals surface area contributed by atoms with E-state index >= 15 is 0 Å². The van der Waals surface area contributed by atoms with Crippen LogP contribution in [0.25, 0.3) is 0 Å². The molecule has 0 radical (unpaired) electrons. The van der Waals surface area contributed by atoms with E-state index in [9.17, 15) is 5.11 Å². The van der Waals surface area contributed by atoms with Crippen molar-refractivity contribution < 1.29 is 9.84 Å². The van der Waals surface area contributed by atoms with Gasteiger partial charge in [0.25, 0.3) is 0 Å². The number of hydrogen-bond donors (Lipinski definition) is 1. The predicted octanol–water partition coefficient (Wildman–Crippen LogP) is 8.42. The Morgan fingerprint density at radius 2 is 1.73 bits per heavy atom. The first-order valence-corrected chi connectivity index (χ1v) is 12.4. The van der Waals surface area contributed by atoms with Crippen LogP contribution in [0.2, 0.25) is 0 Å². The van der Waals surface area contributed by atoms with Gasteiger partial charge < -0.3 is 9.84 Å². The Morgan fingerprint density at radius 3 is 2.43 bits per heavy atom. The largest absolute Gasteiger partial charge is 0.508 e. The molecule has 2 nitrogen and oxygen atoms in total. The van der Waals surface area contributed by atoms with Gasteiger partial charge in [0, 0.05) is 17.4 Å². The molecule has 0 aromatic heterocycles. The molecule has 2 atom stereocenters. The van der Waals surface area contributed by atoms with Crippen molar-refractivity contribution in [3.05, 3.63) is 34.9 Å². The summed E-state index contributed by atoms with van der Waals surface area (Å²) in [5, 5.41) is 11.1. The van der Waals surface area contributed by atoms with Crippen LogP contribution in [-0.4, -0.2) is 10.7 Å². The summed E-state index contributed by atoms with van der Waals surface area (Å²) in [6.07, 6.45) is 14.9. The van der Waals surface area contributed by atoms with Crippen molar-refractivity contribution in [2.24, 2.45) is 5.92 Å². The lowest BCUT2D eigenvalue weighted by Crippen LogP contribution is -2.45. The SMILES string of the molecule is CCCCCCCCCC(C)(C)c1cc(O)c2c(c1)OC(C)(C)[C@@H]1CC=C(C)C[C@@H]21. The number of rotatable bonds is 9. The van der Waals surface area contributed by atoms with E-state index in [0.717, 1.165) is 30.6 Å². The van der Waals surface area contributed by atoms with Gasteiger partial charge in [-0.25, -0.2) is 0 Å². The molecule has 1 aliphatic heterocycles. The Balaban J connectivity index is 1.74. The molecule has 0 bridgehead atoms. The summed E-state index contributed by atoms with van der Waals surface area (Å²) in [5.41, 5.74) is 3.53. The Labute approximate surface area is 185 Å². The quantitative estimate of drug-likeness (QED) is 0.326. The monoisotopic (exact) mass is 412 g/mol. The van der Waals surface area contributed by atoms with Gasteiger partial charge in [0.2, 0.25) is 0 Å². The molecule has 30 heavy (non-hydrogen) atoms. The second kappa shape index (κ2) is 9.37. The van der Waals surface area contributed by atoms with E-state index in [1.54, 1.807) is 0 Å². The number of benzene rings is 1. The maximum atomic E-state index is 11.1. The number of hydrogen-bond acceptors (Lipinski definition) is 2. The minimum atomic E-state index is -0.206. The standard InChI is InChI=1S/C28H44O2/c1-7-8-9-10-11-12-13-16-27(3,4)21-18-24(29)26-22-17-20(2)14-15-23(22)28(5,6)30-25(26)19-21/h14,18-19,22-23,29H,7-13,15-17H2,1-6H3/t22-,23-/m1/s1. The van der Waals surface area contributed by atoms with E-state index in [2.05, 4.69) is 53.7 Å². The molecule has 168 valence electrons. The van der Waals surface area contributed by atoms with Gasteiger partial charge in [-0.05, 0) is 63.1 Å². The van der Waals surface area contributed by atoms with Gasteiger partial charge >= 0.3 is 0 Å². The lowest BCUT2D eigenvalue weighted by atomic mass is 9.66. The van der Waals surface area contributed by atoms with Crippen molar-refractivity contribution in [3.63, 3.8) is 0 Å². The summed E-state index contributed by atoms with van der Waals surface area (Å²) in [6, 6.07) is 4.27. The van der Waals surface area contributed by atoms with E-state index in [0.29, 0.717) is 17.6 Å². The Kier molecular flexibility index (Phi) is 7.25. The van der Waals surface area contributed by atoms with Gasteiger partial charge in [0.1, 0.15) is 17.1 Å². The number of allylic oxidation sites excluding steroid dienone is 2. The van der Waals surface area contributed by atoms with Crippen LogP contribution in [0.15, 0.2) is 23.8 Å². The molecule has 1 aliphatic carbocycles. The summed E-state index contributed by atoms with van der Waals surface area (Å²) in [6.45, 7) is 13.6. The van der Waals surface area contributed by atoms with Crippen LogP contribution in [-0.2, 0) is 5.41 Å². The fourth-order valence-electron chi connectivity index (χ4n) is 5.62. The van der Waals surface area contributed by atoms with Crippen LogP contribution < -0.4 is 4.74 Å². The zero-order valence-electron chi connectivity index (χ0n) is 20.3. The lowest BCUT2D eigenvalue weighted by molar-refractivity contribution is 0.00741. The number of phenols is 1.